The van der Waals surface area contributed by atoms with Crippen molar-refractivity contribution in [1.82, 2.24) is 5.32 Å². The Labute approximate surface area is 102 Å². The van der Waals surface area contributed by atoms with E-state index >= 15 is 0 Å². The number of methoxy groups -OCH3 is 1. The van der Waals surface area contributed by atoms with Gasteiger partial charge in [0.25, 0.3) is 0 Å². The molecule has 0 radical (unpaired) electrons. The third kappa shape index (κ3) is 4.22. The van der Waals surface area contributed by atoms with Crippen LogP contribution in [0, 0.1) is 0 Å². The zero-order valence-electron chi connectivity index (χ0n) is 10.4. The van der Waals surface area contributed by atoms with Crippen molar-refractivity contribution >= 4 is 5.96 Å². The number of nitrogens with one attached hydrogen (secondary N) is 1. The SMILES string of the molecule is CN=C(N)NC[C@@H](C)Oc1ccccc1OC. The van der Waals surface area contributed by atoms with Gasteiger partial charge in [0.2, 0.25) is 0 Å². The van der Waals surface area contributed by atoms with Gasteiger partial charge in [-0.1, -0.05) is 12.1 Å². The lowest BCUT2D eigenvalue weighted by atomic mass is 10.3. The lowest BCUT2D eigenvalue weighted by Gasteiger charge is -2.17. The molecular formula is C12H19N3O2. The van der Waals surface area contributed by atoms with Crippen LogP contribution in [0.15, 0.2) is 29.3 Å². The molecule has 0 bridgehead atoms. The summed E-state index contributed by atoms with van der Waals surface area (Å²) in [7, 11) is 3.25. The van der Waals surface area contributed by atoms with Crippen LogP contribution in [0.2, 0.25) is 0 Å². The predicted molar refractivity (Wildman–Crippen MR) is 68.6 cm³/mol. The molecule has 1 rings (SSSR count). The summed E-state index contributed by atoms with van der Waals surface area (Å²) in [5.41, 5.74) is 5.53. The van der Waals surface area contributed by atoms with E-state index in [0.717, 1.165) is 11.5 Å². The Balaban J connectivity index is 2.52. The van der Waals surface area contributed by atoms with Gasteiger partial charge in [-0.25, -0.2) is 0 Å². The average molecular weight is 237 g/mol. The third-order valence-electron chi connectivity index (χ3n) is 2.21. The van der Waals surface area contributed by atoms with Gasteiger partial charge < -0.3 is 20.5 Å². The van der Waals surface area contributed by atoms with Crippen LogP contribution in [0.1, 0.15) is 6.92 Å². The summed E-state index contributed by atoms with van der Waals surface area (Å²) in [4.78, 5) is 3.80. The smallest absolute Gasteiger partial charge is 0.188 e. The molecule has 0 saturated heterocycles. The third-order valence-corrected chi connectivity index (χ3v) is 2.21. The number of aliphatic imine (C=N–C) groups is 1. The molecule has 0 aliphatic rings. The Hall–Kier alpha value is -1.91. The standard InChI is InChI=1S/C12H19N3O2/c1-9(8-15-12(13)14-2)17-11-7-5-4-6-10(11)16-3/h4-7,9H,8H2,1-3H3,(H3,13,14,15)/t9-/m1/s1. The Kier molecular flexibility index (Phi) is 5.13. The van der Waals surface area contributed by atoms with Crippen LogP contribution in [-0.2, 0) is 0 Å². The minimum absolute atomic E-state index is 0.0356. The van der Waals surface area contributed by atoms with Crippen molar-refractivity contribution in [1.29, 1.82) is 0 Å². The van der Waals surface area contributed by atoms with Gasteiger partial charge in [-0.05, 0) is 19.1 Å². The van der Waals surface area contributed by atoms with Crippen LogP contribution in [-0.4, -0.2) is 32.8 Å². The lowest BCUT2D eigenvalue weighted by Crippen LogP contribution is -2.38. The van der Waals surface area contributed by atoms with E-state index in [-0.39, 0.29) is 6.10 Å². The second-order valence-electron chi connectivity index (χ2n) is 3.57. The van der Waals surface area contributed by atoms with Gasteiger partial charge >= 0.3 is 0 Å². The fourth-order valence-electron chi connectivity index (χ4n) is 1.30. The monoisotopic (exact) mass is 237 g/mol. The van der Waals surface area contributed by atoms with Gasteiger partial charge in [0, 0.05) is 7.05 Å². The normalized spacial score (nSPS) is 13.0. The number of ether oxygens (including phenoxy) is 2. The van der Waals surface area contributed by atoms with E-state index in [9.17, 15) is 0 Å². The van der Waals surface area contributed by atoms with Crippen LogP contribution in [0.25, 0.3) is 0 Å². The van der Waals surface area contributed by atoms with Gasteiger partial charge in [0.15, 0.2) is 17.5 Å². The molecule has 5 nitrogen and oxygen atoms in total. The molecule has 0 saturated carbocycles. The highest BCUT2D eigenvalue weighted by atomic mass is 16.5. The molecule has 1 aromatic rings. The van der Waals surface area contributed by atoms with Gasteiger partial charge in [-0.3, -0.25) is 4.99 Å². The molecule has 0 aromatic heterocycles. The molecule has 3 N–H and O–H groups in total. The summed E-state index contributed by atoms with van der Waals surface area (Å²) >= 11 is 0. The zero-order valence-corrected chi connectivity index (χ0v) is 10.4. The van der Waals surface area contributed by atoms with E-state index in [0.29, 0.717) is 12.5 Å². The van der Waals surface area contributed by atoms with E-state index in [4.69, 9.17) is 15.2 Å². The maximum absolute atomic E-state index is 5.73. The molecule has 0 aliphatic carbocycles. The molecule has 0 unspecified atom stereocenters. The second-order valence-corrected chi connectivity index (χ2v) is 3.57. The molecule has 0 aliphatic heterocycles. The fourth-order valence-corrected chi connectivity index (χ4v) is 1.30. The summed E-state index contributed by atoms with van der Waals surface area (Å²) in [5.74, 6) is 1.84. The van der Waals surface area contributed by atoms with Crippen LogP contribution < -0.4 is 20.5 Å². The molecule has 1 aromatic carbocycles. The first-order chi connectivity index (χ1) is 8.17. The Morgan fingerprint density at radius 3 is 2.65 bits per heavy atom. The lowest BCUT2D eigenvalue weighted by molar-refractivity contribution is 0.214. The molecule has 0 heterocycles. The highest BCUT2D eigenvalue weighted by Crippen LogP contribution is 2.26. The largest absolute Gasteiger partial charge is 0.493 e. The number of hydrogen-bond donors (Lipinski definition) is 2. The Morgan fingerprint density at radius 1 is 1.41 bits per heavy atom. The maximum Gasteiger partial charge on any atom is 0.188 e. The quantitative estimate of drug-likeness (QED) is 0.592. The highest BCUT2D eigenvalue weighted by molar-refractivity contribution is 5.77. The van der Waals surface area contributed by atoms with Crippen molar-refractivity contribution in [3.8, 4) is 11.5 Å². The summed E-state index contributed by atoms with van der Waals surface area (Å²) in [6.45, 7) is 2.53. The van der Waals surface area contributed by atoms with E-state index in [1.165, 1.54) is 0 Å². The van der Waals surface area contributed by atoms with Gasteiger partial charge in [-0.2, -0.15) is 0 Å². The summed E-state index contributed by atoms with van der Waals surface area (Å²) < 4.78 is 10.9. The molecule has 0 spiro atoms. The van der Waals surface area contributed by atoms with E-state index in [1.807, 2.05) is 31.2 Å². The van der Waals surface area contributed by atoms with Crippen molar-refractivity contribution in [2.45, 2.75) is 13.0 Å². The molecule has 1 atom stereocenters. The predicted octanol–water partition coefficient (Wildman–Crippen LogP) is 0.997. The van der Waals surface area contributed by atoms with Crippen molar-refractivity contribution in [2.75, 3.05) is 20.7 Å². The maximum atomic E-state index is 5.73. The minimum atomic E-state index is -0.0356. The first-order valence-corrected chi connectivity index (χ1v) is 5.43. The van der Waals surface area contributed by atoms with E-state index in [1.54, 1.807) is 14.2 Å². The summed E-state index contributed by atoms with van der Waals surface area (Å²) in [6, 6.07) is 7.53. The highest BCUT2D eigenvalue weighted by Gasteiger charge is 2.08. The molecular weight excluding hydrogens is 218 g/mol. The van der Waals surface area contributed by atoms with Crippen molar-refractivity contribution in [3.63, 3.8) is 0 Å². The molecule has 17 heavy (non-hydrogen) atoms. The van der Waals surface area contributed by atoms with Crippen molar-refractivity contribution < 1.29 is 9.47 Å². The number of rotatable bonds is 5. The van der Waals surface area contributed by atoms with Gasteiger partial charge in [-0.15, -0.1) is 0 Å². The molecule has 94 valence electrons. The molecule has 0 fully saturated rings. The zero-order chi connectivity index (χ0) is 12.7. The van der Waals surface area contributed by atoms with Crippen molar-refractivity contribution in [2.24, 2.45) is 10.7 Å². The minimum Gasteiger partial charge on any atom is -0.493 e. The van der Waals surface area contributed by atoms with E-state index < -0.39 is 0 Å². The van der Waals surface area contributed by atoms with Crippen LogP contribution in [0.3, 0.4) is 0 Å². The number of para-hydroxylation sites is 2. The van der Waals surface area contributed by atoms with Crippen LogP contribution in [0.5, 0.6) is 11.5 Å². The number of benzene rings is 1. The Bertz CT molecular complexity index is 380. The van der Waals surface area contributed by atoms with Crippen LogP contribution >= 0.6 is 0 Å². The van der Waals surface area contributed by atoms with Gasteiger partial charge in [0.1, 0.15) is 6.10 Å². The topological polar surface area (TPSA) is 68.9 Å². The first-order valence-electron chi connectivity index (χ1n) is 5.43. The average Bonchev–Trinajstić information content (AvgIpc) is 2.36. The van der Waals surface area contributed by atoms with Crippen LogP contribution in [0.4, 0.5) is 0 Å². The fraction of sp³-hybridized carbons (Fsp3) is 0.417. The number of nitrogens with zero attached hydrogens (tertiary/aromatic N) is 1. The first kappa shape index (κ1) is 13.2. The number of guanidine groups is 1. The second kappa shape index (κ2) is 6.62. The summed E-state index contributed by atoms with van der Waals surface area (Å²) in [5, 5.41) is 2.95. The number of nitrogens with two attached hydrogens (primary N) is 1. The van der Waals surface area contributed by atoms with Crippen molar-refractivity contribution in [3.05, 3.63) is 24.3 Å². The van der Waals surface area contributed by atoms with E-state index in [2.05, 4.69) is 10.3 Å². The Morgan fingerprint density at radius 2 is 2.06 bits per heavy atom. The summed E-state index contributed by atoms with van der Waals surface area (Å²) in [6.07, 6.45) is -0.0356. The van der Waals surface area contributed by atoms with Gasteiger partial charge in [0.05, 0.1) is 13.7 Å². The molecule has 5 heteroatoms. The molecule has 0 amide bonds. The number of hydrogen-bond acceptors (Lipinski definition) is 3.